The summed E-state index contributed by atoms with van der Waals surface area (Å²) in [5.41, 5.74) is 4.59. The van der Waals surface area contributed by atoms with Crippen molar-refractivity contribution in [2.24, 2.45) is 4.99 Å². The van der Waals surface area contributed by atoms with Gasteiger partial charge < -0.3 is 10.3 Å². The number of hydrogen-bond acceptors (Lipinski definition) is 5. The average Bonchev–Trinajstić information content (AvgIpc) is 3.03. The summed E-state index contributed by atoms with van der Waals surface area (Å²) in [7, 11) is 0. The summed E-state index contributed by atoms with van der Waals surface area (Å²) in [6, 6.07) is 8.16. The van der Waals surface area contributed by atoms with Crippen LogP contribution in [0.4, 0.5) is 5.69 Å². The number of benzene rings is 1. The Labute approximate surface area is 143 Å². The third kappa shape index (κ3) is 4.59. The maximum absolute atomic E-state index is 6.09. The quantitative estimate of drug-likeness (QED) is 0.866. The second kappa shape index (κ2) is 7.99. The second-order valence-electron chi connectivity index (χ2n) is 6.14. The van der Waals surface area contributed by atoms with Gasteiger partial charge in [-0.3, -0.25) is 9.89 Å². The molecule has 0 radical (unpaired) electrons. The highest BCUT2D eigenvalue weighted by Crippen LogP contribution is 2.20. The van der Waals surface area contributed by atoms with Crippen LogP contribution in [-0.2, 0) is 0 Å². The monoisotopic (exact) mass is 335 g/mol. The highest BCUT2D eigenvalue weighted by Gasteiger charge is 2.18. The molecule has 1 N–H and O–H groups in total. The summed E-state index contributed by atoms with van der Waals surface area (Å²) in [6.45, 7) is 9.54. The first-order chi connectivity index (χ1) is 11.2. The van der Waals surface area contributed by atoms with Crippen molar-refractivity contribution in [3.05, 3.63) is 29.3 Å². The predicted octanol–water partition coefficient (Wildman–Crippen LogP) is 2.44. The lowest BCUT2D eigenvalue weighted by Crippen LogP contribution is -2.47. The second-order valence-corrected chi connectivity index (χ2v) is 6.57. The lowest BCUT2D eigenvalue weighted by molar-refractivity contribution is 0.213. The molecule has 1 saturated heterocycles. The molecule has 0 amide bonds. The van der Waals surface area contributed by atoms with Gasteiger partial charge in [-0.15, -0.1) is 0 Å². The van der Waals surface area contributed by atoms with Gasteiger partial charge in [0.2, 0.25) is 0 Å². The molecule has 0 aliphatic carbocycles. The van der Waals surface area contributed by atoms with Gasteiger partial charge in [-0.25, -0.2) is 5.01 Å². The molecule has 0 spiro atoms. The van der Waals surface area contributed by atoms with Gasteiger partial charge in [0.15, 0.2) is 0 Å². The standard InChI is InChI=1S/C17H26ClN5/c1-2-17-19-14-23(20-17)8-4-7-21-9-11-22(12-10-21)16-6-3-5-15(18)13-16/h3,5-6,13H,2,4,7-12,14H2,1H3,(H,19,20). The van der Waals surface area contributed by atoms with Crippen LogP contribution in [0.2, 0.25) is 5.02 Å². The zero-order valence-electron chi connectivity index (χ0n) is 13.8. The Hall–Kier alpha value is -1.30. The van der Waals surface area contributed by atoms with Gasteiger partial charge in [0.1, 0.15) is 12.5 Å². The fraction of sp³-hybridized carbons (Fsp3) is 0.588. The minimum absolute atomic E-state index is 0.797. The number of amidine groups is 1. The number of nitrogens with zero attached hydrogens (tertiary/aromatic N) is 4. The summed E-state index contributed by atoms with van der Waals surface area (Å²) in [5.74, 6) is 1.11. The van der Waals surface area contributed by atoms with E-state index >= 15 is 0 Å². The first-order valence-corrected chi connectivity index (χ1v) is 8.90. The Balaban J connectivity index is 1.35. The number of anilines is 1. The van der Waals surface area contributed by atoms with Crippen LogP contribution in [0.5, 0.6) is 0 Å². The van der Waals surface area contributed by atoms with Crippen molar-refractivity contribution >= 4 is 23.1 Å². The summed E-state index contributed by atoms with van der Waals surface area (Å²) in [4.78, 5) is 9.43. The maximum Gasteiger partial charge on any atom is 0.112 e. The summed E-state index contributed by atoms with van der Waals surface area (Å²) < 4.78 is 0. The van der Waals surface area contributed by atoms with Crippen molar-refractivity contribution in [2.75, 3.05) is 50.8 Å². The molecule has 5 nitrogen and oxygen atoms in total. The number of hydrogen-bond donors (Lipinski definition) is 1. The average molecular weight is 336 g/mol. The first-order valence-electron chi connectivity index (χ1n) is 8.52. The lowest BCUT2D eigenvalue weighted by Gasteiger charge is -2.36. The molecule has 0 unspecified atom stereocenters. The van der Waals surface area contributed by atoms with Gasteiger partial charge in [-0.2, -0.15) is 0 Å². The molecule has 0 saturated carbocycles. The predicted molar refractivity (Wildman–Crippen MR) is 97.2 cm³/mol. The molecule has 1 fully saturated rings. The van der Waals surface area contributed by atoms with Crippen molar-refractivity contribution in [3.63, 3.8) is 0 Å². The van der Waals surface area contributed by atoms with E-state index in [4.69, 9.17) is 11.6 Å². The number of halogens is 1. The SMILES string of the molecule is CCC1=NCN(CCCN2CCN(c3cccc(Cl)c3)CC2)N1. The summed E-state index contributed by atoms with van der Waals surface area (Å²) in [5, 5.41) is 3.03. The smallest absolute Gasteiger partial charge is 0.112 e. The molecule has 23 heavy (non-hydrogen) atoms. The van der Waals surface area contributed by atoms with Gasteiger partial charge in [0.05, 0.1) is 0 Å². The van der Waals surface area contributed by atoms with Crippen LogP contribution in [0.15, 0.2) is 29.3 Å². The van der Waals surface area contributed by atoms with E-state index < -0.39 is 0 Å². The van der Waals surface area contributed by atoms with Gasteiger partial charge in [-0.05, 0) is 31.2 Å². The highest BCUT2D eigenvalue weighted by molar-refractivity contribution is 6.30. The largest absolute Gasteiger partial charge is 0.369 e. The molecule has 3 rings (SSSR count). The minimum atomic E-state index is 0.797. The van der Waals surface area contributed by atoms with E-state index in [0.29, 0.717) is 0 Å². The maximum atomic E-state index is 6.09. The normalized spacial score (nSPS) is 19.7. The number of aliphatic imine (C=N–C) groups is 1. The Bertz CT molecular complexity index is 540. The Morgan fingerprint density at radius 3 is 2.70 bits per heavy atom. The Morgan fingerprint density at radius 1 is 1.17 bits per heavy atom. The number of nitrogens with one attached hydrogen (secondary N) is 1. The first kappa shape index (κ1) is 16.6. The third-order valence-electron chi connectivity index (χ3n) is 4.50. The molecule has 126 valence electrons. The van der Waals surface area contributed by atoms with Crippen LogP contribution in [0.25, 0.3) is 0 Å². The highest BCUT2D eigenvalue weighted by atomic mass is 35.5. The Kier molecular flexibility index (Phi) is 5.75. The fourth-order valence-electron chi connectivity index (χ4n) is 3.13. The summed E-state index contributed by atoms with van der Waals surface area (Å²) >= 11 is 6.09. The molecular weight excluding hydrogens is 310 g/mol. The number of piperazine rings is 1. The number of rotatable bonds is 6. The molecular formula is C17H26ClN5. The topological polar surface area (TPSA) is 34.1 Å². The lowest BCUT2D eigenvalue weighted by atomic mass is 10.2. The van der Waals surface area contributed by atoms with E-state index in [2.05, 4.69) is 44.3 Å². The van der Waals surface area contributed by atoms with Crippen molar-refractivity contribution in [1.82, 2.24) is 15.3 Å². The molecule has 1 aromatic rings. The van der Waals surface area contributed by atoms with Gasteiger partial charge in [0.25, 0.3) is 0 Å². The fourth-order valence-corrected chi connectivity index (χ4v) is 3.31. The minimum Gasteiger partial charge on any atom is -0.369 e. The molecule has 1 aromatic carbocycles. The van der Waals surface area contributed by atoms with Crippen molar-refractivity contribution in [1.29, 1.82) is 0 Å². The third-order valence-corrected chi connectivity index (χ3v) is 4.74. The van der Waals surface area contributed by atoms with Gasteiger partial charge in [0, 0.05) is 49.9 Å². The molecule has 0 atom stereocenters. The molecule has 0 aromatic heterocycles. The van der Waals surface area contributed by atoms with Crippen molar-refractivity contribution < 1.29 is 0 Å². The molecule has 2 aliphatic heterocycles. The van der Waals surface area contributed by atoms with Crippen LogP contribution in [0.1, 0.15) is 19.8 Å². The van der Waals surface area contributed by atoms with E-state index in [1.807, 2.05) is 12.1 Å². The molecule has 6 heteroatoms. The van der Waals surface area contributed by atoms with E-state index in [1.54, 1.807) is 0 Å². The molecule has 2 aliphatic rings. The van der Waals surface area contributed by atoms with Gasteiger partial charge >= 0.3 is 0 Å². The van der Waals surface area contributed by atoms with Gasteiger partial charge in [-0.1, -0.05) is 24.6 Å². The van der Waals surface area contributed by atoms with Crippen molar-refractivity contribution in [2.45, 2.75) is 19.8 Å². The van der Waals surface area contributed by atoms with E-state index in [-0.39, 0.29) is 0 Å². The molecule has 2 heterocycles. The Morgan fingerprint density at radius 2 is 2.00 bits per heavy atom. The number of hydrazine groups is 1. The van der Waals surface area contributed by atoms with E-state index in [0.717, 1.165) is 63.2 Å². The van der Waals surface area contributed by atoms with Crippen LogP contribution < -0.4 is 10.3 Å². The van der Waals surface area contributed by atoms with Crippen LogP contribution in [-0.4, -0.2) is 61.7 Å². The van der Waals surface area contributed by atoms with Crippen molar-refractivity contribution in [3.8, 4) is 0 Å². The van der Waals surface area contributed by atoms with E-state index in [9.17, 15) is 0 Å². The zero-order valence-corrected chi connectivity index (χ0v) is 14.6. The van der Waals surface area contributed by atoms with E-state index in [1.165, 1.54) is 12.1 Å². The van der Waals surface area contributed by atoms with Crippen LogP contribution >= 0.6 is 11.6 Å². The summed E-state index contributed by atoms with van der Waals surface area (Å²) in [6.07, 6.45) is 2.17. The zero-order chi connectivity index (χ0) is 16.1. The molecule has 0 bridgehead atoms. The van der Waals surface area contributed by atoms with Crippen LogP contribution in [0, 0.1) is 0 Å². The van der Waals surface area contributed by atoms with Crippen LogP contribution in [0.3, 0.4) is 0 Å².